The van der Waals surface area contributed by atoms with E-state index in [-0.39, 0.29) is 40.8 Å². The Morgan fingerprint density at radius 2 is 1.71 bits per heavy atom. The van der Waals surface area contributed by atoms with Crippen molar-refractivity contribution in [3.05, 3.63) is 57.6 Å². The average molecular weight is 492 g/mol. The molecule has 0 bridgehead atoms. The van der Waals surface area contributed by atoms with Crippen LogP contribution in [0.3, 0.4) is 0 Å². The molecular weight excluding hydrogens is 463 g/mol. The minimum atomic E-state index is -4.62. The van der Waals surface area contributed by atoms with Crippen LogP contribution in [0.25, 0.3) is 0 Å². The molecule has 1 saturated heterocycles. The Hall–Kier alpha value is -3.30. The second-order valence-electron chi connectivity index (χ2n) is 10.2. The molecule has 2 aromatic rings. The molecule has 4 rings (SSSR count). The predicted octanol–water partition coefficient (Wildman–Crippen LogP) is 5.68. The molecule has 10 heteroatoms. The first-order valence-electron chi connectivity index (χ1n) is 11.4. The van der Waals surface area contributed by atoms with Crippen LogP contribution in [0, 0.1) is 15.5 Å². The van der Waals surface area contributed by atoms with Crippen LogP contribution in [0.1, 0.15) is 44.7 Å². The molecule has 1 fully saturated rings. The van der Waals surface area contributed by atoms with Crippen molar-refractivity contribution in [2.45, 2.75) is 45.2 Å². The molecule has 0 saturated carbocycles. The molecule has 0 N–H and O–H groups in total. The second-order valence-corrected chi connectivity index (χ2v) is 10.2. The number of methoxy groups -OCH3 is 1. The van der Waals surface area contributed by atoms with Crippen molar-refractivity contribution in [3.63, 3.8) is 0 Å². The van der Waals surface area contributed by atoms with Crippen molar-refractivity contribution in [2.75, 3.05) is 31.6 Å². The SMILES string of the molecule is COc1ccc(C(F)(F)F)c2c1N(c1ccccc1[N+](=O)[O-])CC21CCN(C(=O)C(C)(C)C)CC1. The van der Waals surface area contributed by atoms with Gasteiger partial charge in [-0.15, -0.1) is 0 Å². The minimum Gasteiger partial charge on any atom is -0.495 e. The van der Waals surface area contributed by atoms with Crippen LogP contribution in [-0.4, -0.2) is 42.5 Å². The van der Waals surface area contributed by atoms with Crippen LogP contribution in [0.2, 0.25) is 0 Å². The standard InChI is InChI=1S/C25H28F3N3O4/c1-23(2,3)22(32)29-13-11-24(12-14-29)15-30(17-7-5-6-8-18(17)31(33)34)21-19(35-4)10-9-16(20(21)24)25(26,27)28/h5-10H,11-15H2,1-4H3. The van der Waals surface area contributed by atoms with Gasteiger partial charge >= 0.3 is 6.18 Å². The van der Waals surface area contributed by atoms with Crippen LogP contribution in [0.4, 0.5) is 30.2 Å². The zero-order valence-corrected chi connectivity index (χ0v) is 20.1. The summed E-state index contributed by atoms with van der Waals surface area (Å²) in [6.45, 7) is 6.16. The summed E-state index contributed by atoms with van der Waals surface area (Å²) < 4.78 is 48.3. The monoisotopic (exact) mass is 491 g/mol. The highest BCUT2D eigenvalue weighted by molar-refractivity contribution is 5.84. The van der Waals surface area contributed by atoms with E-state index >= 15 is 0 Å². The second kappa shape index (κ2) is 8.42. The molecule has 7 nitrogen and oxygen atoms in total. The number of amides is 1. The summed E-state index contributed by atoms with van der Waals surface area (Å²) in [4.78, 5) is 27.4. The lowest BCUT2D eigenvalue weighted by Crippen LogP contribution is -2.50. The number of halogens is 3. The maximum atomic E-state index is 14.3. The van der Waals surface area contributed by atoms with Gasteiger partial charge in [0, 0.05) is 36.5 Å². The number of nitrogens with zero attached hydrogens (tertiary/aromatic N) is 3. The van der Waals surface area contributed by atoms with E-state index in [1.54, 1.807) is 21.9 Å². The summed E-state index contributed by atoms with van der Waals surface area (Å²) in [5.74, 6) is 0.166. The number of hydrogen-bond donors (Lipinski definition) is 0. The van der Waals surface area contributed by atoms with E-state index in [2.05, 4.69) is 0 Å². The molecule has 2 heterocycles. The van der Waals surface area contributed by atoms with Crippen molar-refractivity contribution >= 4 is 23.0 Å². The number of benzene rings is 2. The van der Waals surface area contributed by atoms with Crippen LogP contribution >= 0.6 is 0 Å². The highest BCUT2D eigenvalue weighted by atomic mass is 19.4. The first-order chi connectivity index (χ1) is 16.3. The number of rotatable bonds is 3. The third-order valence-corrected chi connectivity index (χ3v) is 6.95. The van der Waals surface area contributed by atoms with E-state index in [9.17, 15) is 28.1 Å². The molecule has 2 aliphatic rings. The number of para-hydroxylation sites is 2. The molecule has 0 atom stereocenters. The van der Waals surface area contributed by atoms with Gasteiger partial charge in [0.25, 0.3) is 5.69 Å². The topological polar surface area (TPSA) is 75.9 Å². The molecule has 1 spiro atoms. The smallest absolute Gasteiger partial charge is 0.416 e. The zero-order chi connectivity index (χ0) is 25.8. The van der Waals surface area contributed by atoms with Crippen LogP contribution in [-0.2, 0) is 16.4 Å². The van der Waals surface area contributed by atoms with Crippen LogP contribution in [0.15, 0.2) is 36.4 Å². The minimum absolute atomic E-state index is 0.0530. The number of ether oxygens (including phenoxy) is 1. The Labute approximate surface area is 201 Å². The number of hydrogen-bond acceptors (Lipinski definition) is 5. The van der Waals surface area contributed by atoms with Gasteiger partial charge in [-0.25, -0.2) is 0 Å². The van der Waals surface area contributed by atoms with Crippen molar-refractivity contribution < 1.29 is 27.6 Å². The number of piperidine rings is 1. The number of nitro benzene ring substituents is 1. The molecule has 0 aromatic heterocycles. The number of likely N-dealkylation sites (tertiary alicyclic amines) is 1. The van der Waals surface area contributed by atoms with E-state index < -0.39 is 27.5 Å². The molecule has 188 valence electrons. The summed E-state index contributed by atoms with van der Waals surface area (Å²) in [6.07, 6.45) is -4.02. The van der Waals surface area contributed by atoms with Crippen molar-refractivity contribution in [2.24, 2.45) is 5.41 Å². The molecule has 0 aliphatic carbocycles. The fourth-order valence-electron chi connectivity index (χ4n) is 5.31. The van der Waals surface area contributed by atoms with E-state index in [0.29, 0.717) is 25.9 Å². The van der Waals surface area contributed by atoms with Gasteiger partial charge in [0.2, 0.25) is 5.91 Å². The summed E-state index contributed by atoms with van der Waals surface area (Å²) in [5.41, 5.74) is -2.03. The Balaban J connectivity index is 1.89. The molecule has 1 amide bonds. The third kappa shape index (κ3) is 4.19. The summed E-state index contributed by atoms with van der Waals surface area (Å²) in [7, 11) is 1.37. The summed E-state index contributed by atoms with van der Waals surface area (Å²) >= 11 is 0. The van der Waals surface area contributed by atoms with Crippen molar-refractivity contribution in [3.8, 4) is 5.75 Å². The van der Waals surface area contributed by atoms with Gasteiger partial charge in [0.05, 0.1) is 23.3 Å². The van der Waals surface area contributed by atoms with Gasteiger partial charge in [-0.2, -0.15) is 13.2 Å². The number of alkyl halides is 3. The molecule has 35 heavy (non-hydrogen) atoms. The first-order valence-corrected chi connectivity index (χ1v) is 11.4. The highest BCUT2D eigenvalue weighted by Crippen LogP contribution is 2.57. The van der Waals surface area contributed by atoms with E-state index in [1.807, 2.05) is 20.8 Å². The van der Waals surface area contributed by atoms with E-state index in [1.165, 1.54) is 25.3 Å². The van der Waals surface area contributed by atoms with Crippen molar-refractivity contribution in [1.29, 1.82) is 0 Å². The zero-order valence-electron chi connectivity index (χ0n) is 20.1. The summed E-state index contributed by atoms with van der Waals surface area (Å²) in [5, 5.41) is 11.8. The Kier molecular flexibility index (Phi) is 5.97. The van der Waals surface area contributed by atoms with Crippen LogP contribution in [0.5, 0.6) is 5.75 Å². The lowest BCUT2D eigenvalue weighted by atomic mass is 9.72. The average Bonchev–Trinajstić information content (AvgIpc) is 3.12. The Morgan fingerprint density at radius 3 is 2.26 bits per heavy atom. The number of carbonyl (C=O) groups excluding carboxylic acids is 1. The van der Waals surface area contributed by atoms with Crippen LogP contribution < -0.4 is 9.64 Å². The fraction of sp³-hybridized carbons (Fsp3) is 0.480. The van der Waals surface area contributed by atoms with E-state index in [0.717, 1.165) is 6.07 Å². The third-order valence-electron chi connectivity index (χ3n) is 6.95. The Morgan fingerprint density at radius 1 is 1.09 bits per heavy atom. The molecule has 0 radical (unpaired) electrons. The maximum Gasteiger partial charge on any atom is 0.416 e. The molecule has 0 unspecified atom stereocenters. The normalized spacial score (nSPS) is 17.5. The van der Waals surface area contributed by atoms with Gasteiger partial charge in [0.1, 0.15) is 11.4 Å². The quantitative estimate of drug-likeness (QED) is 0.408. The van der Waals surface area contributed by atoms with Gasteiger partial charge in [-0.1, -0.05) is 32.9 Å². The number of nitro groups is 1. The molecule has 2 aromatic carbocycles. The number of fused-ring (bicyclic) bond motifs is 2. The number of carbonyl (C=O) groups is 1. The van der Waals surface area contributed by atoms with E-state index in [4.69, 9.17) is 4.74 Å². The first kappa shape index (κ1) is 24.8. The Bertz CT molecular complexity index is 1170. The maximum absolute atomic E-state index is 14.3. The predicted molar refractivity (Wildman–Crippen MR) is 125 cm³/mol. The summed E-state index contributed by atoms with van der Waals surface area (Å²) in [6, 6.07) is 8.31. The molecular formula is C25H28F3N3O4. The van der Waals surface area contributed by atoms with Gasteiger partial charge in [0.15, 0.2) is 0 Å². The lowest BCUT2D eigenvalue weighted by Gasteiger charge is -2.42. The van der Waals surface area contributed by atoms with Gasteiger partial charge in [-0.3, -0.25) is 14.9 Å². The number of anilines is 2. The molecule has 2 aliphatic heterocycles. The highest BCUT2D eigenvalue weighted by Gasteiger charge is 2.53. The lowest BCUT2D eigenvalue weighted by molar-refractivity contribution is -0.384. The van der Waals surface area contributed by atoms with Gasteiger partial charge < -0.3 is 14.5 Å². The largest absolute Gasteiger partial charge is 0.495 e. The fourth-order valence-corrected chi connectivity index (χ4v) is 5.31. The van der Waals surface area contributed by atoms with Gasteiger partial charge in [-0.05, 0) is 36.6 Å². The van der Waals surface area contributed by atoms with Crippen molar-refractivity contribution in [1.82, 2.24) is 4.90 Å².